The van der Waals surface area contributed by atoms with E-state index in [1.54, 1.807) is 24.2 Å². The lowest BCUT2D eigenvalue weighted by molar-refractivity contribution is 0.414. The zero-order chi connectivity index (χ0) is 20.0. The third-order valence-electron chi connectivity index (χ3n) is 5.75. The van der Waals surface area contributed by atoms with Crippen LogP contribution in [0.5, 0.6) is 5.75 Å². The summed E-state index contributed by atoms with van der Waals surface area (Å²) in [6.45, 7) is 1.73. The van der Waals surface area contributed by atoms with Crippen molar-refractivity contribution in [2.24, 2.45) is 7.05 Å². The van der Waals surface area contributed by atoms with E-state index >= 15 is 0 Å². The summed E-state index contributed by atoms with van der Waals surface area (Å²) < 4.78 is 7.10. The minimum Gasteiger partial charge on any atom is -0.497 e. The van der Waals surface area contributed by atoms with Gasteiger partial charge in [-0.05, 0) is 18.6 Å². The minimum atomic E-state index is 0.315. The van der Waals surface area contributed by atoms with Crippen molar-refractivity contribution in [3.63, 3.8) is 0 Å². The van der Waals surface area contributed by atoms with Gasteiger partial charge in [-0.3, -0.25) is 4.68 Å². The molecule has 2 fully saturated rings. The van der Waals surface area contributed by atoms with Crippen molar-refractivity contribution >= 4 is 11.5 Å². The van der Waals surface area contributed by atoms with Crippen LogP contribution in [0.25, 0.3) is 11.4 Å². The maximum Gasteiger partial charge on any atom is 0.164 e. The molecule has 3 aromatic rings. The normalized spacial score (nSPS) is 20.2. The lowest BCUT2D eigenvalue weighted by Gasteiger charge is -2.36. The first-order valence-electron chi connectivity index (χ1n) is 9.60. The second-order valence-electron chi connectivity index (χ2n) is 7.49. The van der Waals surface area contributed by atoms with Crippen LogP contribution in [-0.4, -0.2) is 52.0 Å². The number of methoxy groups -OCH3 is 1. The molecule has 146 valence electrons. The molecule has 8 heteroatoms. The van der Waals surface area contributed by atoms with E-state index in [2.05, 4.69) is 38.1 Å². The van der Waals surface area contributed by atoms with Crippen LogP contribution >= 0.6 is 0 Å². The maximum absolute atomic E-state index is 9.60. The van der Waals surface area contributed by atoms with Gasteiger partial charge in [0.05, 0.1) is 31.1 Å². The average molecular weight is 387 g/mol. The van der Waals surface area contributed by atoms with Gasteiger partial charge < -0.3 is 14.5 Å². The highest BCUT2D eigenvalue weighted by Crippen LogP contribution is 2.38. The van der Waals surface area contributed by atoms with Gasteiger partial charge in [0.25, 0.3) is 0 Å². The summed E-state index contributed by atoms with van der Waals surface area (Å²) in [4.78, 5) is 13.8. The van der Waals surface area contributed by atoms with E-state index < -0.39 is 0 Å². The van der Waals surface area contributed by atoms with Crippen LogP contribution in [0.3, 0.4) is 0 Å². The zero-order valence-electron chi connectivity index (χ0n) is 16.4. The number of fused-ring (bicyclic) bond motifs is 2. The molecule has 4 heterocycles. The topological polar surface area (TPSA) is 83.1 Å². The fourth-order valence-electron chi connectivity index (χ4n) is 4.38. The highest BCUT2D eigenvalue weighted by atomic mass is 16.5. The molecule has 0 unspecified atom stereocenters. The van der Waals surface area contributed by atoms with Gasteiger partial charge in [-0.15, -0.1) is 0 Å². The Bertz CT molecular complexity index is 1100. The van der Waals surface area contributed by atoms with E-state index in [0.29, 0.717) is 23.5 Å². The van der Waals surface area contributed by atoms with E-state index in [0.717, 1.165) is 36.6 Å². The summed E-state index contributed by atoms with van der Waals surface area (Å²) in [5.41, 5.74) is 2.54. The fraction of sp³-hybridized carbons (Fsp3) is 0.333. The van der Waals surface area contributed by atoms with E-state index in [1.807, 2.05) is 25.4 Å². The second kappa shape index (κ2) is 6.78. The van der Waals surface area contributed by atoms with Gasteiger partial charge in [0, 0.05) is 44.1 Å². The summed E-state index contributed by atoms with van der Waals surface area (Å²) in [5, 5.41) is 13.8. The molecular formula is C21H21N7O. The van der Waals surface area contributed by atoms with E-state index in [4.69, 9.17) is 9.72 Å². The molecule has 0 amide bonds. The molecule has 2 atom stereocenters. The number of piperazine rings is 1. The Labute approximate surface area is 169 Å². The van der Waals surface area contributed by atoms with Gasteiger partial charge in [0.1, 0.15) is 17.4 Å². The summed E-state index contributed by atoms with van der Waals surface area (Å²) in [6, 6.07) is 11.1. The van der Waals surface area contributed by atoms with Crippen molar-refractivity contribution in [1.29, 1.82) is 5.26 Å². The Morgan fingerprint density at radius 3 is 2.69 bits per heavy atom. The molecule has 2 bridgehead atoms. The molecule has 2 saturated heterocycles. The molecule has 0 aliphatic carbocycles. The average Bonchev–Trinajstić information content (AvgIpc) is 3.49. The molecule has 0 saturated carbocycles. The van der Waals surface area contributed by atoms with Gasteiger partial charge >= 0.3 is 0 Å². The SMILES string of the molecule is COc1cccc(N2C[C@@H]3C[C@@H]2CN3c2nc(-c3cnn(C)c3)ncc2C#N)c1. The highest BCUT2D eigenvalue weighted by Gasteiger charge is 2.44. The number of benzene rings is 1. The maximum atomic E-state index is 9.60. The van der Waals surface area contributed by atoms with Crippen LogP contribution in [0.2, 0.25) is 0 Å². The molecule has 2 aliphatic rings. The van der Waals surface area contributed by atoms with Crippen LogP contribution in [-0.2, 0) is 7.05 Å². The number of hydrogen-bond donors (Lipinski definition) is 0. The largest absolute Gasteiger partial charge is 0.497 e. The number of ether oxygens (including phenoxy) is 1. The van der Waals surface area contributed by atoms with Gasteiger partial charge in [0.2, 0.25) is 0 Å². The first kappa shape index (κ1) is 17.5. The number of nitrogens with zero attached hydrogens (tertiary/aromatic N) is 7. The van der Waals surface area contributed by atoms with Crippen molar-refractivity contribution < 1.29 is 4.74 Å². The van der Waals surface area contributed by atoms with E-state index in [-0.39, 0.29) is 0 Å². The Morgan fingerprint density at radius 2 is 2.00 bits per heavy atom. The smallest absolute Gasteiger partial charge is 0.164 e. The van der Waals surface area contributed by atoms with Gasteiger partial charge in [-0.1, -0.05) is 6.07 Å². The molecule has 29 heavy (non-hydrogen) atoms. The quantitative estimate of drug-likeness (QED) is 0.679. The predicted octanol–water partition coefficient (Wildman–Crippen LogP) is 2.22. The molecule has 2 aromatic heterocycles. The van der Waals surface area contributed by atoms with Crippen molar-refractivity contribution in [2.75, 3.05) is 30.0 Å². The van der Waals surface area contributed by atoms with E-state index in [1.165, 1.54) is 5.69 Å². The fourth-order valence-corrected chi connectivity index (χ4v) is 4.38. The van der Waals surface area contributed by atoms with Gasteiger partial charge in [-0.25, -0.2) is 9.97 Å². The zero-order valence-corrected chi connectivity index (χ0v) is 16.4. The monoisotopic (exact) mass is 387 g/mol. The highest BCUT2D eigenvalue weighted by molar-refractivity contribution is 5.64. The summed E-state index contributed by atoms with van der Waals surface area (Å²) >= 11 is 0. The molecule has 5 rings (SSSR count). The standard InChI is InChI=1S/C21H21N7O/c1-26-11-15(10-24-26)20-23-9-14(8-22)21(25-20)28-13-17-6-18(28)12-27(17)16-4-3-5-19(7-16)29-2/h3-5,7,9-11,17-18H,6,12-13H2,1-2H3/t17-,18+/m1/s1. The van der Waals surface area contributed by atoms with Crippen molar-refractivity contribution in [3.05, 3.63) is 48.4 Å². The molecule has 2 aliphatic heterocycles. The van der Waals surface area contributed by atoms with Crippen LogP contribution in [0.15, 0.2) is 42.9 Å². The lowest BCUT2D eigenvalue weighted by atomic mass is 10.2. The first-order chi connectivity index (χ1) is 14.2. The minimum absolute atomic E-state index is 0.315. The van der Waals surface area contributed by atoms with Crippen LogP contribution < -0.4 is 14.5 Å². The number of anilines is 2. The number of rotatable bonds is 4. The third kappa shape index (κ3) is 2.95. The number of aromatic nitrogens is 4. The van der Waals surface area contributed by atoms with Crippen molar-refractivity contribution in [1.82, 2.24) is 19.7 Å². The first-order valence-corrected chi connectivity index (χ1v) is 9.60. The Morgan fingerprint density at radius 1 is 1.17 bits per heavy atom. The summed E-state index contributed by atoms with van der Waals surface area (Å²) in [7, 11) is 3.55. The Hall–Kier alpha value is -3.60. The Kier molecular flexibility index (Phi) is 4.09. The van der Waals surface area contributed by atoms with Crippen molar-refractivity contribution in [3.8, 4) is 23.2 Å². The Balaban J connectivity index is 1.43. The van der Waals surface area contributed by atoms with Crippen LogP contribution in [0.1, 0.15) is 12.0 Å². The molecular weight excluding hydrogens is 366 g/mol. The number of aryl methyl sites for hydroxylation is 1. The lowest BCUT2D eigenvalue weighted by Crippen LogP contribution is -2.47. The summed E-state index contributed by atoms with van der Waals surface area (Å²) in [6.07, 6.45) is 6.29. The molecule has 0 spiro atoms. The molecule has 0 radical (unpaired) electrons. The molecule has 1 aromatic carbocycles. The molecule has 0 N–H and O–H groups in total. The van der Waals surface area contributed by atoms with E-state index in [9.17, 15) is 5.26 Å². The van der Waals surface area contributed by atoms with Gasteiger partial charge in [0.15, 0.2) is 11.6 Å². The number of nitriles is 1. The molecule has 8 nitrogen and oxygen atoms in total. The predicted molar refractivity (Wildman–Crippen MR) is 109 cm³/mol. The second-order valence-corrected chi connectivity index (χ2v) is 7.49. The van der Waals surface area contributed by atoms with Crippen molar-refractivity contribution in [2.45, 2.75) is 18.5 Å². The van der Waals surface area contributed by atoms with Crippen LogP contribution in [0.4, 0.5) is 11.5 Å². The number of hydrogen-bond acceptors (Lipinski definition) is 7. The van der Waals surface area contributed by atoms with Gasteiger partial charge in [-0.2, -0.15) is 10.4 Å². The van der Waals surface area contributed by atoms with Crippen LogP contribution in [0, 0.1) is 11.3 Å². The summed E-state index contributed by atoms with van der Waals surface area (Å²) in [5.74, 6) is 2.18. The third-order valence-corrected chi connectivity index (χ3v) is 5.75.